The fourth-order valence-electron chi connectivity index (χ4n) is 2.05. The Morgan fingerprint density at radius 1 is 1.56 bits per heavy atom. The number of amides is 1. The van der Waals surface area contributed by atoms with Crippen LogP contribution < -0.4 is 11.1 Å². The zero-order valence-electron chi connectivity index (χ0n) is 9.24. The second kappa shape index (κ2) is 5.41. The predicted molar refractivity (Wildman–Crippen MR) is 64.3 cm³/mol. The molecule has 1 aromatic rings. The molecule has 1 fully saturated rings. The van der Waals surface area contributed by atoms with Gasteiger partial charge in [-0.25, -0.2) is 4.98 Å². The van der Waals surface area contributed by atoms with Gasteiger partial charge < -0.3 is 11.1 Å². The van der Waals surface area contributed by atoms with Gasteiger partial charge in [0.2, 0.25) is 0 Å². The largest absolute Gasteiger partial charge is 0.350 e. The Kier molecular flexibility index (Phi) is 3.90. The van der Waals surface area contributed by atoms with Crippen LogP contribution in [0.2, 0.25) is 0 Å². The molecule has 0 saturated heterocycles. The average Bonchev–Trinajstić information content (AvgIpc) is 2.96. The summed E-state index contributed by atoms with van der Waals surface area (Å²) >= 11 is 1.44. The highest BCUT2D eigenvalue weighted by atomic mass is 32.1. The molecule has 0 atom stereocenters. The van der Waals surface area contributed by atoms with Gasteiger partial charge in [0.25, 0.3) is 5.91 Å². The van der Waals surface area contributed by atoms with E-state index < -0.39 is 0 Å². The number of nitrogens with one attached hydrogen (secondary N) is 1. The van der Waals surface area contributed by atoms with Crippen molar-refractivity contribution in [3.63, 3.8) is 0 Å². The van der Waals surface area contributed by atoms with Crippen molar-refractivity contribution in [2.75, 3.05) is 6.54 Å². The lowest BCUT2D eigenvalue weighted by molar-refractivity contribution is 0.0943. The van der Waals surface area contributed by atoms with Gasteiger partial charge in [0.1, 0.15) is 10.7 Å². The molecule has 5 heteroatoms. The fraction of sp³-hybridized carbons (Fsp3) is 0.636. The fourth-order valence-corrected chi connectivity index (χ4v) is 2.71. The normalized spacial score (nSPS) is 16.6. The van der Waals surface area contributed by atoms with Gasteiger partial charge in [0, 0.05) is 18.5 Å². The van der Waals surface area contributed by atoms with E-state index in [1.165, 1.54) is 37.0 Å². The zero-order valence-corrected chi connectivity index (χ0v) is 10.1. The Labute approximate surface area is 99.3 Å². The molecule has 1 heterocycles. The number of nitrogens with zero attached hydrogens (tertiary/aromatic N) is 1. The molecule has 4 nitrogen and oxygen atoms in total. The number of thiazole rings is 1. The molecule has 0 bridgehead atoms. The molecule has 1 aliphatic carbocycles. The number of hydrogen-bond donors (Lipinski definition) is 2. The summed E-state index contributed by atoms with van der Waals surface area (Å²) in [6.45, 7) is 1.19. The van der Waals surface area contributed by atoms with Crippen molar-refractivity contribution in [1.29, 1.82) is 0 Å². The Hall–Kier alpha value is -0.940. The van der Waals surface area contributed by atoms with Gasteiger partial charge in [0.15, 0.2) is 0 Å². The van der Waals surface area contributed by atoms with Crippen LogP contribution >= 0.6 is 11.3 Å². The summed E-state index contributed by atoms with van der Waals surface area (Å²) < 4.78 is 0. The highest BCUT2D eigenvalue weighted by Crippen LogP contribution is 2.23. The molecule has 0 spiro atoms. The summed E-state index contributed by atoms with van der Waals surface area (Å²) in [7, 11) is 0. The molecule has 0 aromatic carbocycles. The number of hydrogen-bond acceptors (Lipinski definition) is 4. The maximum Gasteiger partial charge on any atom is 0.270 e. The molecule has 1 amide bonds. The smallest absolute Gasteiger partial charge is 0.270 e. The Balaban J connectivity index is 1.82. The highest BCUT2D eigenvalue weighted by molar-refractivity contribution is 7.09. The van der Waals surface area contributed by atoms with Gasteiger partial charge >= 0.3 is 0 Å². The van der Waals surface area contributed by atoms with E-state index in [-0.39, 0.29) is 5.91 Å². The predicted octanol–water partition coefficient (Wildman–Crippen LogP) is 1.52. The second-order valence-electron chi connectivity index (χ2n) is 4.19. The summed E-state index contributed by atoms with van der Waals surface area (Å²) in [6.07, 6.45) is 5.08. The van der Waals surface area contributed by atoms with Crippen LogP contribution in [0.3, 0.4) is 0 Å². The molecule has 3 N–H and O–H groups in total. The second-order valence-corrected chi connectivity index (χ2v) is 5.13. The van der Waals surface area contributed by atoms with Crippen LogP contribution in [0, 0.1) is 5.92 Å². The van der Waals surface area contributed by atoms with E-state index in [9.17, 15) is 4.79 Å². The maximum atomic E-state index is 11.7. The minimum absolute atomic E-state index is 0.0668. The van der Waals surface area contributed by atoms with Gasteiger partial charge in [0.05, 0.1) is 0 Å². The van der Waals surface area contributed by atoms with E-state index in [2.05, 4.69) is 10.3 Å². The van der Waals surface area contributed by atoms with E-state index in [0.717, 1.165) is 11.6 Å². The van der Waals surface area contributed by atoms with Crippen molar-refractivity contribution >= 4 is 17.2 Å². The Morgan fingerprint density at radius 2 is 2.31 bits per heavy atom. The summed E-state index contributed by atoms with van der Waals surface area (Å²) in [5, 5.41) is 5.52. The molecule has 2 rings (SSSR count). The van der Waals surface area contributed by atoms with Crippen LogP contribution in [0.1, 0.15) is 41.2 Å². The molecular weight excluding hydrogens is 222 g/mol. The van der Waals surface area contributed by atoms with Crippen LogP contribution in [-0.2, 0) is 6.54 Å². The summed E-state index contributed by atoms with van der Waals surface area (Å²) in [6, 6.07) is 0. The number of rotatable bonds is 4. The minimum Gasteiger partial charge on any atom is -0.350 e. The zero-order chi connectivity index (χ0) is 11.4. The first-order valence-electron chi connectivity index (χ1n) is 5.72. The molecular formula is C11H17N3OS. The third-order valence-electron chi connectivity index (χ3n) is 2.99. The van der Waals surface area contributed by atoms with Crippen LogP contribution in [0.15, 0.2) is 5.38 Å². The molecule has 1 aromatic heterocycles. The number of nitrogens with two attached hydrogens (primary N) is 1. The van der Waals surface area contributed by atoms with E-state index >= 15 is 0 Å². The van der Waals surface area contributed by atoms with Gasteiger partial charge in [-0.05, 0) is 18.8 Å². The first kappa shape index (κ1) is 11.5. The topological polar surface area (TPSA) is 68.0 Å². The van der Waals surface area contributed by atoms with E-state index in [0.29, 0.717) is 18.2 Å². The van der Waals surface area contributed by atoms with Crippen LogP contribution in [-0.4, -0.2) is 17.4 Å². The summed E-state index contributed by atoms with van der Waals surface area (Å²) in [4.78, 5) is 15.9. The molecule has 1 saturated carbocycles. The quantitative estimate of drug-likeness (QED) is 0.837. The molecule has 1 aliphatic rings. The van der Waals surface area contributed by atoms with Crippen LogP contribution in [0.4, 0.5) is 0 Å². The van der Waals surface area contributed by atoms with E-state index in [1.54, 1.807) is 5.38 Å². The van der Waals surface area contributed by atoms with Crippen LogP contribution in [0.5, 0.6) is 0 Å². The van der Waals surface area contributed by atoms with Crippen molar-refractivity contribution in [2.24, 2.45) is 11.7 Å². The highest BCUT2D eigenvalue weighted by Gasteiger charge is 2.17. The van der Waals surface area contributed by atoms with Gasteiger partial charge in [-0.1, -0.05) is 12.8 Å². The van der Waals surface area contributed by atoms with Crippen molar-refractivity contribution in [3.05, 3.63) is 16.1 Å². The lowest BCUT2D eigenvalue weighted by Gasteiger charge is -2.09. The first-order valence-corrected chi connectivity index (χ1v) is 6.60. The standard InChI is InChI=1S/C11H17N3OS/c12-5-10-14-9(7-16-10)11(15)13-6-8-3-1-2-4-8/h7-8H,1-6,12H2,(H,13,15). The van der Waals surface area contributed by atoms with E-state index in [1.807, 2.05) is 0 Å². The number of carbonyl (C=O) groups is 1. The van der Waals surface area contributed by atoms with Gasteiger partial charge in [-0.3, -0.25) is 4.79 Å². The lowest BCUT2D eigenvalue weighted by Crippen LogP contribution is -2.28. The third-order valence-corrected chi connectivity index (χ3v) is 3.86. The molecule has 16 heavy (non-hydrogen) atoms. The Morgan fingerprint density at radius 3 is 2.94 bits per heavy atom. The van der Waals surface area contributed by atoms with Crippen molar-refractivity contribution in [1.82, 2.24) is 10.3 Å². The van der Waals surface area contributed by atoms with E-state index in [4.69, 9.17) is 5.73 Å². The van der Waals surface area contributed by atoms with Crippen molar-refractivity contribution < 1.29 is 4.79 Å². The Bertz CT molecular complexity index is 358. The van der Waals surface area contributed by atoms with Crippen molar-refractivity contribution in [3.8, 4) is 0 Å². The van der Waals surface area contributed by atoms with Gasteiger partial charge in [-0.2, -0.15) is 0 Å². The lowest BCUT2D eigenvalue weighted by atomic mass is 10.1. The van der Waals surface area contributed by atoms with Crippen molar-refractivity contribution in [2.45, 2.75) is 32.2 Å². The molecule has 0 radical (unpaired) electrons. The molecule has 0 unspecified atom stereocenters. The first-order chi connectivity index (χ1) is 7.79. The number of aromatic nitrogens is 1. The van der Waals surface area contributed by atoms with Crippen LogP contribution in [0.25, 0.3) is 0 Å². The maximum absolute atomic E-state index is 11.7. The monoisotopic (exact) mass is 239 g/mol. The minimum atomic E-state index is -0.0668. The van der Waals surface area contributed by atoms with Gasteiger partial charge in [-0.15, -0.1) is 11.3 Å². The average molecular weight is 239 g/mol. The SMILES string of the molecule is NCc1nc(C(=O)NCC2CCCC2)cs1. The molecule has 0 aliphatic heterocycles. The summed E-state index contributed by atoms with van der Waals surface area (Å²) in [5.41, 5.74) is 5.96. The molecule has 88 valence electrons. The summed E-state index contributed by atoms with van der Waals surface area (Å²) in [5.74, 6) is 0.597. The third kappa shape index (κ3) is 2.80. The number of carbonyl (C=O) groups excluding carboxylic acids is 1.